The van der Waals surface area contributed by atoms with Gasteiger partial charge in [-0.2, -0.15) is 0 Å². The van der Waals surface area contributed by atoms with Gasteiger partial charge in [0, 0.05) is 0 Å². The molecule has 0 aliphatic carbocycles. The summed E-state index contributed by atoms with van der Waals surface area (Å²) in [6.07, 6.45) is 4.77. The second-order valence-electron chi connectivity index (χ2n) is 6.22. The third-order valence-electron chi connectivity index (χ3n) is 4.53. The predicted octanol–water partition coefficient (Wildman–Crippen LogP) is 4.40. The Morgan fingerprint density at radius 1 is 0.929 bits per heavy atom. The zero-order valence-corrected chi connectivity index (χ0v) is 15.1. The zero-order valence-electron chi connectivity index (χ0n) is 15.1. The van der Waals surface area contributed by atoms with E-state index in [1.54, 1.807) is 19.6 Å². The van der Waals surface area contributed by atoms with Gasteiger partial charge in [0.15, 0.2) is 23.0 Å². The molecule has 7 nitrogen and oxygen atoms in total. The van der Waals surface area contributed by atoms with E-state index in [1.165, 1.54) is 6.33 Å². The van der Waals surface area contributed by atoms with Crippen LogP contribution in [-0.4, -0.2) is 26.6 Å². The van der Waals surface area contributed by atoms with Gasteiger partial charge in [0.1, 0.15) is 23.3 Å². The molecule has 0 saturated carbocycles. The van der Waals surface area contributed by atoms with Gasteiger partial charge in [-0.15, -0.1) is 0 Å². The zero-order chi connectivity index (χ0) is 18.9. The quantitative estimate of drug-likeness (QED) is 0.455. The van der Waals surface area contributed by atoms with Crippen molar-refractivity contribution in [1.29, 1.82) is 0 Å². The number of methoxy groups -OCH3 is 1. The van der Waals surface area contributed by atoms with Crippen molar-refractivity contribution in [2.45, 2.75) is 6.54 Å². The van der Waals surface area contributed by atoms with Crippen molar-refractivity contribution in [3.63, 3.8) is 0 Å². The summed E-state index contributed by atoms with van der Waals surface area (Å²) in [6.45, 7) is 0.575. The van der Waals surface area contributed by atoms with Crippen LogP contribution in [0.3, 0.4) is 0 Å². The number of fused-ring (bicyclic) bond motifs is 1. The lowest BCUT2D eigenvalue weighted by molar-refractivity contribution is 0.414. The van der Waals surface area contributed by atoms with Crippen molar-refractivity contribution in [3.8, 4) is 28.8 Å². The summed E-state index contributed by atoms with van der Waals surface area (Å²) in [7, 11) is 1.65. The molecule has 138 valence electrons. The van der Waals surface area contributed by atoms with E-state index < -0.39 is 0 Å². The Kier molecular flexibility index (Phi) is 3.90. The van der Waals surface area contributed by atoms with Crippen molar-refractivity contribution in [2.24, 2.45) is 0 Å². The van der Waals surface area contributed by atoms with E-state index in [0.29, 0.717) is 40.7 Å². The summed E-state index contributed by atoms with van der Waals surface area (Å²) < 4.78 is 18.4. The Morgan fingerprint density at radius 3 is 2.36 bits per heavy atom. The number of hydrogen-bond acceptors (Lipinski definition) is 6. The molecule has 0 atom stereocenters. The minimum Gasteiger partial charge on any atom is -0.497 e. The minimum absolute atomic E-state index is 0.575. The summed E-state index contributed by atoms with van der Waals surface area (Å²) in [4.78, 5) is 13.7. The van der Waals surface area contributed by atoms with Gasteiger partial charge in [-0.3, -0.25) is 0 Å². The Bertz CT molecular complexity index is 1210. The molecule has 7 heteroatoms. The largest absolute Gasteiger partial charge is 0.497 e. The molecular weight excluding hydrogens is 356 g/mol. The summed E-state index contributed by atoms with van der Waals surface area (Å²) >= 11 is 0. The monoisotopic (exact) mass is 372 g/mol. The highest BCUT2D eigenvalue weighted by Gasteiger charge is 2.20. The predicted molar refractivity (Wildman–Crippen MR) is 103 cm³/mol. The number of benzene rings is 1. The average molecular weight is 372 g/mol. The van der Waals surface area contributed by atoms with E-state index in [2.05, 4.69) is 9.97 Å². The highest BCUT2D eigenvalue weighted by molar-refractivity contribution is 5.88. The third kappa shape index (κ3) is 2.73. The van der Waals surface area contributed by atoms with Crippen LogP contribution >= 0.6 is 0 Å². The molecule has 0 spiro atoms. The fourth-order valence-electron chi connectivity index (χ4n) is 3.19. The van der Waals surface area contributed by atoms with Crippen molar-refractivity contribution >= 4 is 11.2 Å². The fraction of sp³-hybridized carbons (Fsp3) is 0.0952. The van der Waals surface area contributed by atoms with Crippen LogP contribution in [-0.2, 0) is 6.54 Å². The first-order valence-electron chi connectivity index (χ1n) is 8.75. The molecule has 0 radical (unpaired) electrons. The molecule has 0 bridgehead atoms. The number of furan rings is 2. The molecule has 5 rings (SSSR count). The Labute approximate surface area is 160 Å². The molecule has 0 fully saturated rings. The normalized spacial score (nSPS) is 11.2. The van der Waals surface area contributed by atoms with Crippen LogP contribution in [0.4, 0.5) is 0 Å². The van der Waals surface area contributed by atoms with Crippen molar-refractivity contribution < 1.29 is 13.6 Å². The van der Waals surface area contributed by atoms with E-state index in [0.717, 1.165) is 11.3 Å². The van der Waals surface area contributed by atoms with Crippen LogP contribution in [0.5, 0.6) is 5.75 Å². The summed E-state index contributed by atoms with van der Waals surface area (Å²) in [5.41, 5.74) is 3.11. The van der Waals surface area contributed by atoms with E-state index in [9.17, 15) is 0 Å². The second-order valence-corrected chi connectivity index (χ2v) is 6.22. The van der Waals surface area contributed by atoms with Crippen LogP contribution in [0.25, 0.3) is 34.2 Å². The van der Waals surface area contributed by atoms with Crippen LogP contribution in [0, 0.1) is 0 Å². The third-order valence-corrected chi connectivity index (χ3v) is 4.53. The van der Waals surface area contributed by atoms with Gasteiger partial charge >= 0.3 is 0 Å². The molecular formula is C21H16N4O3. The molecule has 0 unspecified atom stereocenters. The smallest absolute Gasteiger partial charge is 0.178 e. The lowest BCUT2D eigenvalue weighted by atomic mass is 10.2. The second kappa shape index (κ2) is 6.70. The Morgan fingerprint density at radius 2 is 1.68 bits per heavy atom. The summed E-state index contributed by atoms with van der Waals surface area (Å²) in [6, 6.07) is 15.3. The average Bonchev–Trinajstić information content (AvgIpc) is 3.49. The number of hydrogen-bond donors (Lipinski definition) is 0. The van der Waals surface area contributed by atoms with Crippen molar-refractivity contribution in [1.82, 2.24) is 19.5 Å². The topological polar surface area (TPSA) is 79.1 Å². The molecule has 0 amide bonds. The maximum absolute atomic E-state index is 5.62. The number of ether oxygens (including phenoxy) is 1. The lowest BCUT2D eigenvalue weighted by Gasteiger charge is -2.08. The number of aromatic nitrogens is 4. The molecule has 0 aliphatic rings. The molecule has 5 aromatic rings. The fourth-order valence-corrected chi connectivity index (χ4v) is 3.19. The number of imidazole rings is 1. The molecule has 0 N–H and O–H groups in total. The maximum atomic E-state index is 5.62. The van der Waals surface area contributed by atoms with E-state index >= 15 is 0 Å². The maximum Gasteiger partial charge on any atom is 0.178 e. The Balaban J connectivity index is 1.69. The van der Waals surface area contributed by atoms with E-state index in [4.69, 9.17) is 18.6 Å². The minimum atomic E-state index is 0.575. The first-order valence-corrected chi connectivity index (χ1v) is 8.75. The van der Waals surface area contributed by atoms with Gasteiger partial charge in [-0.05, 0) is 42.0 Å². The SMILES string of the molecule is COc1ccc(Cn2c(-c3ccco3)nc3c(-c4ccco4)ncnc32)cc1. The molecule has 0 aliphatic heterocycles. The molecule has 4 aromatic heterocycles. The lowest BCUT2D eigenvalue weighted by Crippen LogP contribution is -2.03. The van der Waals surface area contributed by atoms with Gasteiger partial charge in [0.2, 0.25) is 0 Å². The van der Waals surface area contributed by atoms with Gasteiger partial charge in [-0.1, -0.05) is 12.1 Å². The summed E-state index contributed by atoms with van der Waals surface area (Å²) in [5.74, 6) is 2.81. The summed E-state index contributed by atoms with van der Waals surface area (Å²) in [5, 5.41) is 0. The highest BCUT2D eigenvalue weighted by atomic mass is 16.5. The van der Waals surface area contributed by atoms with E-state index in [1.807, 2.05) is 53.1 Å². The molecule has 28 heavy (non-hydrogen) atoms. The molecule has 0 saturated heterocycles. The van der Waals surface area contributed by atoms with E-state index in [-0.39, 0.29) is 0 Å². The first-order chi connectivity index (χ1) is 13.8. The van der Waals surface area contributed by atoms with Gasteiger partial charge in [-0.25, -0.2) is 15.0 Å². The highest BCUT2D eigenvalue weighted by Crippen LogP contribution is 2.30. The van der Waals surface area contributed by atoms with Gasteiger partial charge < -0.3 is 18.1 Å². The first kappa shape index (κ1) is 16.3. The van der Waals surface area contributed by atoms with Crippen LogP contribution < -0.4 is 4.74 Å². The van der Waals surface area contributed by atoms with Crippen LogP contribution in [0.15, 0.2) is 76.2 Å². The molecule has 1 aromatic carbocycles. The van der Waals surface area contributed by atoms with Gasteiger partial charge in [0.05, 0.1) is 26.2 Å². The number of nitrogens with zero attached hydrogens (tertiary/aromatic N) is 4. The van der Waals surface area contributed by atoms with Crippen LogP contribution in [0.1, 0.15) is 5.56 Å². The molecule has 4 heterocycles. The van der Waals surface area contributed by atoms with Gasteiger partial charge in [0.25, 0.3) is 0 Å². The van der Waals surface area contributed by atoms with Crippen LogP contribution in [0.2, 0.25) is 0 Å². The number of rotatable bonds is 5. The van der Waals surface area contributed by atoms with Crippen molar-refractivity contribution in [3.05, 3.63) is 72.9 Å². The van der Waals surface area contributed by atoms with Crippen molar-refractivity contribution in [2.75, 3.05) is 7.11 Å². The standard InChI is InChI=1S/C21H16N4O3/c1-26-15-8-6-14(7-9-15)12-25-20(17-5-3-11-28-17)24-19-18(16-4-2-10-27-16)22-13-23-21(19)25/h2-11,13H,12H2,1H3. The Hall–Kier alpha value is -3.87.